The number of amides is 2. The van der Waals surface area contributed by atoms with Crippen molar-refractivity contribution in [1.82, 2.24) is 15.1 Å². The van der Waals surface area contributed by atoms with Crippen LogP contribution in [-0.2, 0) is 22.8 Å². The second kappa shape index (κ2) is 7.63. The number of carbonyl (C=O) groups is 2. The van der Waals surface area contributed by atoms with E-state index >= 15 is 0 Å². The summed E-state index contributed by atoms with van der Waals surface area (Å²) >= 11 is 0. The lowest BCUT2D eigenvalue weighted by molar-refractivity contribution is -0.137. The fraction of sp³-hybridized carbons (Fsp3) is 0.389. The number of alkyl halides is 3. The van der Waals surface area contributed by atoms with Gasteiger partial charge in [0.1, 0.15) is 0 Å². The second-order valence-electron chi connectivity index (χ2n) is 6.75. The Bertz CT molecular complexity index is 894. The van der Waals surface area contributed by atoms with E-state index in [0.717, 1.165) is 23.8 Å². The van der Waals surface area contributed by atoms with Gasteiger partial charge in [0, 0.05) is 39.2 Å². The van der Waals surface area contributed by atoms with Crippen LogP contribution >= 0.6 is 0 Å². The van der Waals surface area contributed by atoms with Crippen LogP contribution in [0.1, 0.15) is 24.0 Å². The van der Waals surface area contributed by atoms with Crippen molar-refractivity contribution < 1.29 is 22.8 Å². The van der Waals surface area contributed by atoms with Gasteiger partial charge in [0.05, 0.1) is 29.1 Å². The van der Waals surface area contributed by atoms with Crippen LogP contribution in [-0.4, -0.2) is 34.7 Å². The first-order chi connectivity index (χ1) is 13.1. The van der Waals surface area contributed by atoms with E-state index in [9.17, 15) is 22.8 Å². The standard InChI is InChI=1S/C18H20F3N5O2/c1-10(27)24-15-4-3-12(18(19,20)21)5-16(15)25-17(28)14-8-22-7-13(14)11-6-23-26(2)9-11/h3-6,9,13-14,22H,7-8H2,1-2H3,(H,24,27)(H,25,28)/t13-,14+/m1/s1. The molecule has 150 valence electrons. The van der Waals surface area contributed by atoms with E-state index in [-0.39, 0.29) is 17.3 Å². The maximum atomic E-state index is 13.1. The predicted octanol–water partition coefficient (Wildman–Crippen LogP) is 2.34. The van der Waals surface area contributed by atoms with E-state index in [0.29, 0.717) is 13.1 Å². The first kappa shape index (κ1) is 19.9. The van der Waals surface area contributed by atoms with Crippen LogP contribution in [0.2, 0.25) is 0 Å². The number of carbonyl (C=O) groups excluding carboxylic acids is 2. The Hall–Kier alpha value is -2.88. The third-order valence-corrected chi connectivity index (χ3v) is 4.62. The number of benzene rings is 1. The molecule has 2 heterocycles. The van der Waals surface area contributed by atoms with Gasteiger partial charge in [-0.05, 0) is 23.8 Å². The molecule has 1 aliphatic rings. The molecule has 0 spiro atoms. The number of hydrogen-bond acceptors (Lipinski definition) is 4. The number of nitrogens with zero attached hydrogens (tertiary/aromatic N) is 2. The highest BCUT2D eigenvalue weighted by Gasteiger charge is 2.36. The van der Waals surface area contributed by atoms with Gasteiger partial charge in [0.15, 0.2) is 0 Å². The fourth-order valence-electron chi connectivity index (χ4n) is 3.28. The van der Waals surface area contributed by atoms with Crippen LogP contribution in [0.5, 0.6) is 0 Å². The van der Waals surface area contributed by atoms with Gasteiger partial charge in [0.2, 0.25) is 11.8 Å². The van der Waals surface area contributed by atoms with Crippen molar-refractivity contribution in [1.29, 1.82) is 0 Å². The lowest BCUT2D eigenvalue weighted by atomic mass is 9.90. The largest absolute Gasteiger partial charge is 0.416 e. The third-order valence-electron chi connectivity index (χ3n) is 4.62. The second-order valence-corrected chi connectivity index (χ2v) is 6.75. The number of halogens is 3. The Labute approximate surface area is 159 Å². The van der Waals surface area contributed by atoms with Gasteiger partial charge in [0.25, 0.3) is 0 Å². The van der Waals surface area contributed by atoms with Crippen molar-refractivity contribution in [3.8, 4) is 0 Å². The Morgan fingerprint density at radius 1 is 1.21 bits per heavy atom. The molecule has 0 unspecified atom stereocenters. The molecule has 0 radical (unpaired) electrons. The van der Waals surface area contributed by atoms with Crippen LogP contribution in [0.15, 0.2) is 30.6 Å². The molecule has 0 aliphatic carbocycles. The predicted molar refractivity (Wildman–Crippen MR) is 96.7 cm³/mol. The molecule has 1 aromatic heterocycles. The van der Waals surface area contributed by atoms with Crippen molar-refractivity contribution in [2.75, 3.05) is 23.7 Å². The molecule has 1 aliphatic heterocycles. The van der Waals surface area contributed by atoms with Crippen LogP contribution in [0, 0.1) is 5.92 Å². The lowest BCUT2D eigenvalue weighted by Gasteiger charge is -2.19. The Morgan fingerprint density at radius 2 is 1.96 bits per heavy atom. The zero-order valence-corrected chi connectivity index (χ0v) is 15.3. The van der Waals surface area contributed by atoms with Crippen molar-refractivity contribution in [2.24, 2.45) is 13.0 Å². The average Bonchev–Trinajstić information content (AvgIpc) is 3.23. The Morgan fingerprint density at radius 3 is 2.57 bits per heavy atom. The van der Waals surface area contributed by atoms with Gasteiger partial charge in [-0.15, -0.1) is 0 Å². The number of aryl methyl sites for hydroxylation is 1. The zero-order valence-electron chi connectivity index (χ0n) is 15.3. The molecule has 3 N–H and O–H groups in total. The molecule has 1 fully saturated rings. The van der Waals surface area contributed by atoms with Crippen molar-refractivity contribution in [3.05, 3.63) is 41.7 Å². The molecule has 2 aromatic rings. The van der Waals surface area contributed by atoms with E-state index in [4.69, 9.17) is 0 Å². The highest BCUT2D eigenvalue weighted by Crippen LogP contribution is 2.35. The number of aromatic nitrogens is 2. The normalized spacial score (nSPS) is 19.5. The van der Waals surface area contributed by atoms with E-state index < -0.39 is 29.5 Å². The van der Waals surface area contributed by atoms with E-state index in [1.807, 2.05) is 6.20 Å². The molecule has 3 rings (SSSR count). The first-order valence-corrected chi connectivity index (χ1v) is 8.64. The zero-order chi connectivity index (χ0) is 20.5. The van der Waals surface area contributed by atoms with Crippen LogP contribution in [0.4, 0.5) is 24.5 Å². The van der Waals surface area contributed by atoms with Gasteiger partial charge in [-0.25, -0.2) is 0 Å². The van der Waals surface area contributed by atoms with E-state index in [1.165, 1.54) is 6.92 Å². The molecule has 28 heavy (non-hydrogen) atoms. The van der Waals surface area contributed by atoms with Crippen LogP contribution in [0.3, 0.4) is 0 Å². The number of nitrogens with one attached hydrogen (secondary N) is 3. The smallest absolute Gasteiger partial charge is 0.325 e. The maximum Gasteiger partial charge on any atom is 0.416 e. The van der Waals surface area contributed by atoms with Gasteiger partial charge in [-0.3, -0.25) is 14.3 Å². The molecule has 2 amide bonds. The summed E-state index contributed by atoms with van der Waals surface area (Å²) in [6.45, 7) is 2.19. The van der Waals surface area contributed by atoms with E-state index in [1.54, 1.807) is 17.9 Å². The molecule has 10 heteroatoms. The summed E-state index contributed by atoms with van der Waals surface area (Å²) in [5.41, 5.74) is -0.0198. The fourth-order valence-corrected chi connectivity index (χ4v) is 3.28. The third kappa shape index (κ3) is 4.33. The van der Waals surface area contributed by atoms with Crippen molar-refractivity contribution >= 4 is 23.2 Å². The maximum absolute atomic E-state index is 13.1. The highest BCUT2D eigenvalue weighted by molar-refractivity contribution is 6.00. The Kier molecular flexibility index (Phi) is 5.41. The van der Waals surface area contributed by atoms with Gasteiger partial charge in [-0.2, -0.15) is 18.3 Å². The SMILES string of the molecule is CC(=O)Nc1ccc(C(F)(F)F)cc1NC(=O)[C@H]1CNC[C@@H]1c1cnn(C)c1. The lowest BCUT2D eigenvalue weighted by Crippen LogP contribution is -2.28. The van der Waals surface area contributed by atoms with Crippen molar-refractivity contribution in [3.63, 3.8) is 0 Å². The number of rotatable bonds is 4. The first-order valence-electron chi connectivity index (χ1n) is 8.64. The number of anilines is 2. The van der Waals surface area contributed by atoms with Crippen molar-refractivity contribution in [2.45, 2.75) is 19.0 Å². The molecule has 0 saturated carbocycles. The minimum absolute atomic E-state index is 0.0909. The van der Waals surface area contributed by atoms with Gasteiger partial charge < -0.3 is 16.0 Å². The molecule has 2 atom stereocenters. The van der Waals surface area contributed by atoms with Gasteiger partial charge >= 0.3 is 6.18 Å². The average molecular weight is 395 g/mol. The topological polar surface area (TPSA) is 88.1 Å². The summed E-state index contributed by atoms with van der Waals surface area (Å²) in [6, 6.07) is 2.81. The molecular formula is C18H20F3N5O2. The summed E-state index contributed by atoms with van der Waals surface area (Å²) in [5, 5.41) is 12.2. The summed E-state index contributed by atoms with van der Waals surface area (Å²) in [7, 11) is 1.77. The molecule has 0 bridgehead atoms. The van der Waals surface area contributed by atoms with E-state index in [2.05, 4.69) is 21.0 Å². The quantitative estimate of drug-likeness (QED) is 0.742. The summed E-state index contributed by atoms with van der Waals surface area (Å²) in [4.78, 5) is 24.2. The van der Waals surface area contributed by atoms with Gasteiger partial charge in [-0.1, -0.05) is 0 Å². The molecule has 1 saturated heterocycles. The van der Waals surface area contributed by atoms with Crippen LogP contribution in [0.25, 0.3) is 0 Å². The summed E-state index contributed by atoms with van der Waals surface area (Å²) in [6.07, 6.45) is -1.09. The Balaban J connectivity index is 1.86. The highest BCUT2D eigenvalue weighted by atomic mass is 19.4. The molecule has 7 nitrogen and oxygen atoms in total. The molecular weight excluding hydrogens is 375 g/mol. The molecule has 1 aromatic carbocycles. The summed E-state index contributed by atoms with van der Waals surface area (Å²) in [5.74, 6) is -1.51. The number of hydrogen-bond donors (Lipinski definition) is 3. The summed E-state index contributed by atoms with van der Waals surface area (Å²) < 4.78 is 40.8. The minimum Gasteiger partial charge on any atom is -0.325 e. The van der Waals surface area contributed by atoms with Crippen LogP contribution < -0.4 is 16.0 Å². The minimum atomic E-state index is -4.57. The monoisotopic (exact) mass is 395 g/mol.